The molecule has 0 rings (SSSR count). The number of unbranched alkanes of at least 4 members (excludes halogenated alkanes) is 6. The van der Waals surface area contributed by atoms with Gasteiger partial charge in [-0.15, -0.1) is 0 Å². The van der Waals surface area contributed by atoms with Gasteiger partial charge in [-0.3, -0.25) is 0 Å². The number of hydrogen-bond donors (Lipinski definition) is 3. The van der Waals surface area contributed by atoms with Crippen LogP contribution in [0.5, 0.6) is 0 Å². The van der Waals surface area contributed by atoms with E-state index in [-0.39, 0.29) is 38.6 Å². The van der Waals surface area contributed by atoms with Gasteiger partial charge in [0, 0.05) is 0 Å². The molecule has 0 amide bonds. The molecule has 0 aliphatic rings. The molecule has 0 radical (unpaired) electrons. The summed E-state index contributed by atoms with van der Waals surface area (Å²) in [5.41, 5.74) is 0. The Morgan fingerprint density at radius 2 is 1.08 bits per heavy atom. The quantitative estimate of drug-likeness (QED) is 0.332. The van der Waals surface area contributed by atoms with Crippen LogP contribution in [0.15, 0.2) is 0 Å². The Morgan fingerprint density at radius 1 is 0.667 bits per heavy atom. The van der Waals surface area contributed by atoms with E-state index in [1.165, 1.54) is 25.7 Å². The monoisotopic (exact) mass is 348 g/mol. The molecular formula is C19H40O5. The van der Waals surface area contributed by atoms with E-state index >= 15 is 0 Å². The third kappa shape index (κ3) is 14.2. The van der Waals surface area contributed by atoms with E-state index in [4.69, 9.17) is 9.47 Å². The summed E-state index contributed by atoms with van der Waals surface area (Å²) < 4.78 is 11.1. The predicted octanol–water partition coefficient (Wildman–Crippen LogP) is 3.04. The first-order valence-electron chi connectivity index (χ1n) is 9.80. The zero-order valence-corrected chi connectivity index (χ0v) is 15.8. The van der Waals surface area contributed by atoms with Crippen molar-refractivity contribution in [3.05, 3.63) is 0 Å². The zero-order chi connectivity index (χ0) is 18.0. The molecule has 0 fully saturated rings. The molecule has 0 aromatic heterocycles. The van der Waals surface area contributed by atoms with Gasteiger partial charge in [0.15, 0.2) is 0 Å². The van der Waals surface area contributed by atoms with Gasteiger partial charge in [0.1, 0.15) is 6.10 Å². The fraction of sp³-hybridized carbons (Fsp3) is 1.00. The number of ether oxygens (including phenoxy) is 2. The van der Waals surface area contributed by atoms with Crippen LogP contribution >= 0.6 is 0 Å². The van der Waals surface area contributed by atoms with E-state index < -0.39 is 6.10 Å². The van der Waals surface area contributed by atoms with E-state index in [2.05, 4.69) is 13.8 Å². The summed E-state index contributed by atoms with van der Waals surface area (Å²) >= 11 is 0. The average Bonchev–Trinajstić information content (AvgIpc) is 2.60. The minimum absolute atomic E-state index is 0.0175. The Labute approximate surface area is 148 Å². The van der Waals surface area contributed by atoms with Crippen LogP contribution in [0.2, 0.25) is 0 Å². The summed E-state index contributed by atoms with van der Waals surface area (Å²) in [5, 5.41) is 28.6. The maximum Gasteiger partial charge on any atom is 0.101 e. The Hall–Kier alpha value is -0.200. The molecule has 0 aromatic carbocycles. The SMILES string of the molecule is CCCCCCC(CO)OCC(O)COC(CO)CCCCCC. The van der Waals surface area contributed by atoms with Crippen LogP contribution in [-0.4, -0.2) is 60.1 Å². The molecule has 0 aromatic rings. The first-order chi connectivity index (χ1) is 11.7. The highest BCUT2D eigenvalue weighted by atomic mass is 16.5. The summed E-state index contributed by atoms with van der Waals surface area (Å²) in [7, 11) is 0. The maximum absolute atomic E-state index is 9.94. The molecule has 0 aliphatic heterocycles. The number of aliphatic hydroxyl groups is 3. The summed E-state index contributed by atoms with van der Waals surface area (Å²) in [5.74, 6) is 0. The molecule has 0 heterocycles. The summed E-state index contributed by atoms with van der Waals surface area (Å²) in [4.78, 5) is 0. The standard InChI is InChI=1S/C19H40O5/c1-3-5-7-9-11-18(13-20)23-15-17(22)16-24-19(14-21)12-10-8-6-4-2/h17-22H,3-16H2,1-2H3. The molecule has 0 spiro atoms. The Balaban J connectivity index is 3.78. The van der Waals surface area contributed by atoms with Gasteiger partial charge in [0.05, 0.1) is 38.6 Å². The smallest absolute Gasteiger partial charge is 0.101 e. The zero-order valence-electron chi connectivity index (χ0n) is 15.8. The first kappa shape index (κ1) is 23.8. The van der Waals surface area contributed by atoms with Crippen molar-refractivity contribution in [2.45, 2.75) is 96.4 Å². The Morgan fingerprint density at radius 3 is 1.42 bits per heavy atom. The van der Waals surface area contributed by atoms with E-state index in [9.17, 15) is 15.3 Å². The summed E-state index contributed by atoms with van der Waals surface area (Å²) in [6.45, 7) is 4.62. The Kier molecular flexibility index (Phi) is 17.5. The number of hydrogen-bond acceptors (Lipinski definition) is 5. The van der Waals surface area contributed by atoms with Crippen LogP contribution in [0.3, 0.4) is 0 Å². The normalized spacial score (nSPS) is 15.4. The second kappa shape index (κ2) is 17.6. The fourth-order valence-corrected chi connectivity index (χ4v) is 2.59. The predicted molar refractivity (Wildman–Crippen MR) is 97.2 cm³/mol. The largest absolute Gasteiger partial charge is 0.394 e. The third-order valence-electron chi connectivity index (χ3n) is 4.22. The fourth-order valence-electron chi connectivity index (χ4n) is 2.59. The number of aliphatic hydroxyl groups excluding tert-OH is 3. The molecule has 0 saturated carbocycles. The van der Waals surface area contributed by atoms with Crippen LogP contribution < -0.4 is 0 Å². The van der Waals surface area contributed by atoms with Gasteiger partial charge in [-0.05, 0) is 12.8 Å². The van der Waals surface area contributed by atoms with Crippen LogP contribution in [0.4, 0.5) is 0 Å². The van der Waals surface area contributed by atoms with E-state index in [0.717, 1.165) is 38.5 Å². The van der Waals surface area contributed by atoms with Crippen LogP contribution in [0, 0.1) is 0 Å². The van der Waals surface area contributed by atoms with Crippen LogP contribution in [0.25, 0.3) is 0 Å². The van der Waals surface area contributed by atoms with Crippen molar-refractivity contribution < 1.29 is 24.8 Å². The average molecular weight is 349 g/mol. The molecule has 0 aliphatic carbocycles. The van der Waals surface area contributed by atoms with Gasteiger partial charge in [0.2, 0.25) is 0 Å². The molecule has 5 heteroatoms. The summed E-state index contributed by atoms with van der Waals surface area (Å²) in [6, 6.07) is 0. The third-order valence-corrected chi connectivity index (χ3v) is 4.22. The van der Waals surface area contributed by atoms with Crippen molar-refractivity contribution in [1.29, 1.82) is 0 Å². The van der Waals surface area contributed by atoms with E-state index in [1.807, 2.05) is 0 Å². The van der Waals surface area contributed by atoms with Gasteiger partial charge in [0.25, 0.3) is 0 Å². The van der Waals surface area contributed by atoms with Crippen molar-refractivity contribution in [1.82, 2.24) is 0 Å². The van der Waals surface area contributed by atoms with E-state index in [0.29, 0.717) is 0 Å². The molecule has 2 atom stereocenters. The van der Waals surface area contributed by atoms with Gasteiger partial charge in [-0.25, -0.2) is 0 Å². The molecule has 3 N–H and O–H groups in total. The Bertz CT molecular complexity index is 226. The van der Waals surface area contributed by atoms with Gasteiger partial charge in [-0.2, -0.15) is 0 Å². The topological polar surface area (TPSA) is 79.2 Å². The highest BCUT2D eigenvalue weighted by Gasteiger charge is 2.14. The lowest BCUT2D eigenvalue weighted by Crippen LogP contribution is -2.30. The minimum atomic E-state index is -0.723. The van der Waals surface area contributed by atoms with Crippen molar-refractivity contribution in [3.63, 3.8) is 0 Å². The van der Waals surface area contributed by atoms with Crippen molar-refractivity contribution in [2.75, 3.05) is 26.4 Å². The van der Waals surface area contributed by atoms with Crippen molar-refractivity contribution >= 4 is 0 Å². The molecule has 2 unspecified atom stereocenters. The van der Waals surface area contributed by atoms with Gasteiger partial charge >= 0.3 is 0 Å². The van der Waals surface area contributed by atoms with Crippen LogP contribution in [-0.2, 0) is 9.47 Å². The van der Waals surface area contributed by atoms with Gasteiger partial charge < -0.3 is 24.8 Å². The minimum Gasteiger partial charge on any atom is -0.394 e. The highest BCUT2D eigenvalue weighted by molar-refractivity contribution is 4.62. The molecule has 24 heavy (non-hydrogen) atoms. The van der Waals surface area contributed by atoms with E-state index in [1.54, 1.807) is 0 Å². The summed E-state index contributed by atoms with van der Waals surface area (Å²) in [6.07, 6.45) is 9.66. The lowest BCUT2D eigenvalue weighted by molar-refractivity contribution is -0.0817. The lowest BCUT2D eigenvalue weighted by atomic mass is 10.1. The van der Waals surface area contributed by atoms with Gasteiger partial charge in [-0.1, -0.05) is 65.2 Å². The molecule has 0 bridgehead atoms. The highest BCUT2D eigenvalue weighted by Crippen LogP contribution is 2.10. The first-order valence-corrected chi connectivity index (χ1v) is 9.80. The maximum atomic E-state index is 9.94. The molecule has 146 valence electrons. The number of rotatable bonds is 18. The van der Waals surface area contributed by atoms with Crippen LogP contribution in [0.1, 0.15) is 78.1 Å². The second-order valence-electron chi connectivity index (χ2n) is 6.63. The lowest BCUT2D eigenvalue weighted by Gasteiger charge is -2.20. The second-order valence-corrected chi connectivity index (χ2v) is 6.63. The molecule has 0 saturated heterocycles. The van der Waals surface area contributed by atoms with Crippen molar-refractivity contribution in [2.24, 2.45) is 0 Å². The van der Waals surface area contributed by atoms with Crippen molar-refractivity contribution in [3.8, 4) is 0 Å². The molecular weight excluding hydrogens is 308 g/mol. The molecule has 5 nitrogen and oxygen atoms in total.